The van der Waals surface area contributed by atoms with Gasteiger partial charge in [0.05, 0.1) is 16.6 Å². The van der Waals surface area contributed by atoms with Crippen LogP contribution >= 0.6 is 0 Å². The minimum atomic E-state index is -1.65. The van der Waals surface area contributed by atoms with E-state index in [0.29, 0.717) is 12.6 Å². The Hall–Kier alpha value is -3.40. The average Bonchev–Trinajstić information content (AvgIpc) is 2.69. The third-order valence-corrected chi connectivity index (χ3v) is 5.24. The number of aromatic nitrogens is 1. The van der Waals surface area contributed by atoms with Crippen molar-refractivity contribution in [3.8, 4) is 5.69 Å². The van der Waals surface area contributed by atoms with Gasteiger partial charge in [0.15, 0.2) is 5.82 Å². The molecule has 0 radical (unpaired) electrons. The van der Waals surface area contributed by atoms with E-state index in [1.54, 1.807) is 0 Å². The van der Waals surface area contributed by atoms with Crippen molar-refractivity contribution in [2.24, 2.45) is 0 Å². The molecule has 0 aliphatic carbocycles. The SMILES string of the molecule is CC1CN(c2c(F)cc3c(=O)c(C(=O)O)cn(-c4ccc(F)cc4F)c3c2F)CCN1. The fourth-order valence-electron chi connectivity index (χ4n) is 3.85. The Bertz CT molecular complexity index is 1280. The number of benzene rings is 2. The van der Waals surface area contributed by atoms with Gasteiger partial charge in [-0.2, -0.15) is 0 Å². The Kier molecular flexibility index (Phi) is 5.18. The number of carboxylic acid groups (broad SMARTS) is 1. The summed E-state index contributed by atoms with van der Waals surface area (Å²) in [6, 6.07) is 3.13. The second kappa shape index (κ2) is 7.69. The van der Waals surface area contributed by atoms with Gasteiger partial charge in [0.25, 0.3) is 0 Å². The summed E-state index contributed by atoms with van der Waals surface area (Å²) in [4.78, 5) is 25.6. The number of nitrogens with zero attached hydrogens (tertiary/aromatic N) is 2. The molecule has 6 nitrogen and oxygen atoms in total. The number of carbonyl (C=O) groups is 1. The van der Waals surface area contributed by atoms with Gasteiger partial charge in [0.1, 0.15) is 28.7 Å². The second-order valence-corrected chi connectivity index (χ2v) is 7.36. The first-order valence-electron chi connectivity index (χ1n) is 9.43. The van der Waals surface area contributed by atoms with E-state index in [2.05, 4.69) is 5.32 Å². The van der Waals surface area contributed by atoms with Gasteiger partial charge in [-0.25, -0.2) is 22.4 Å². The Balaban J connectivity index is 2.10. The maximum Gasteiger partial charge on any atom is 0.341 e. The van der Waals surface area contributed by atoms with Gasteiger partial charge >= 0.3 is 5.97 Å². The molecule has 1 saturated heterocycles. The molecule has 2 N–H and O–H groups in total. The first-order valence-corrected chi connectivity index (χ1v) is 9.43. The van der Waals surface area contributed by atoms with Gasteiger partial charge < -0.3 is 19.9 Å². The van der Waals surface area contributed by atoms with Crippen molar-refractivity contribution in [2.75, 3.05) is 24.5 Å². The average molecular weight is 435 g/mol. The van der Waals surface area contributed by atoms with Crippen LogP contribution in [0.15, 0.2) is 35.3 Å². The number of anilines is 1. The fourth-order valence-corrected chi connectivity index (χ4v) is 3.85. The monoisotopic (exact) mass is 435 g/mol. The van der Waals surface area contributed by atoms with E-state index in [0.717, 1.165) is 29.0 Å². The zero-order valence-electron chi connectivity index (χ0n) is 16.3. The van der Waals surface area contributed by atoms with E-state index >= 15 is 4.39 Å². The number of halogens is 4. The summed E-state index contributed by atoms with van der Waals surface area (Å²) in [6.07, 6.45) is 0.758. The number of rotatable bonds is 3. The van der Waals surface area contributed by atoms with Crippen LogP contribution in [0.1, 0.15) is 17.3 Å². The fraction of sp³-hybridized carbons (Fsp3) is 0.238. The molecule has 3 aromatic rings. The van der Waals surface area contributed by atoms with Gasteiger partial charge in [0, 0.05) is 37.9 Å². The van der Waals surface area contributed by atoms with Crippen LogP contribution in [-0.4, -0.2) is 41.3 Å². The lowest BCUT2D eigenvalue weighted by molar-refractivity contribution is 0.0695. The number of pyridine rings is 1. The molecular formula is C21H17F4N3O3. The van der Waals surface area contributed by atoms with Crippen LogP contribution in [0.25, 0.3) is 16.6 Å². The smallest absolute Gasteiger partial charge is 0.341 e. The van der Waals surface area contributed by atoms with Crippen molar-refractivity contribution in [3.05, 3.63) is 69.5 Å². The highest BCUT2D eigenvalue weighted by atomic mass is 19.1. The summed E-state index contributed by atoms with van der Waals surface area (Å²) in [6.45, 7) is 2.87. The molecule has 162 valence electrons. The number of aromatic carboxylic acids is 1. The second-order valence-electron chi connectivity index (χ2n) is 7.36. The zero-order valence-corrected chi connectivity index (χ0v) is 16.3. The van der Waals surface area contributed by atoms with Crippen LogP contribution in [0.4, 0.5) is 23.2 Å². The van der Waals surface area contributed by atoms with E-state index in [4.69, 9.17) is 0 Å². The Morgan fingerprint density at radius 1 is 1.16 bits per heavy atom. The molecular weight excluding hydrogens is 418 g/mol. The quantitative estimate of drug-likeness (QED) is 0.619. The summed E-state index contributed by atoms with van der Waals surface area (Å²) < 4.78 is 59.4. The Morgan fingerprint density at radius 3 is 2.55 bits per heavy atom. The van der Waals surface area contributed by atoms with Gasteiger partial charge in [-0.15, -0.1) is 0 Å². The highest BCUT2D eigenvalue weighted by Crippen LogP contribution is 2.32. The summed E-state index contributed by atoms with van der Waals surface area (Å²) >= 11 is 0. The molecule has 0 amide bonds. The number of hydrogen-bond donors (Lipinski definition) is 2. The molecule has 10 heteroatoms. The zero-order chi connectivity index (χ0) is 22.4. The van der Waals surface area contributed by atoms with Gasteiger partial charge in [-0.1, -0.05) is 0 Å². The van der Waals surface area contributed by atoms with Crippen LogP contribution < -0.4 is 15.6 Å². The van der Waals surface area contributed by atoms with E-state index < -0.39 is 56.8 Å². The molecule has 0 saturated carbocycles. The van der Waals surface area contributed by atoms with E-state index in [-0.39, 0.29) is 24.8 Å². The molecule has 2 aromatic carbocycles. The highest BCUT2D eigenvalue weighted by Gasteiger charge is 2.28. The maximum atomic E-state index is 15.7. The number of nitrogens with one attached hydrogen (secondary N) is 1. The lowest BCUT2D eigenvalue weighted by atomic mass is 10.1. The van der Waals surface area contributed by atoms with Crippen LogP contribution in [0.3, 0.4) is 0 Å². The number of hydrogen-bond acceptors (Lipinski definition) is 4. The largest absolute Gasteiger partial charge is 0.477 e. The van der Waals surface area contributed by atoms with Crippen molar-refractivity contribution >= 4 is 22.6 Å². The number of carboxylic acids is 1. The third kappa shape index (κ3) is 3.52. The molecule has 1 aliphatic rings. The van der Waals surface area contributed by atoms with Gasteiger partial charge in [-0.05, 0) is 25.1 Å². The summed E-state index contributed by atoms with van der Waals surface area (Å²) in [5.41, 5.74) is -3.21. The van der Waals surface area contributed by atoms with Gasteiger partial charge in [0.2, 0.25) is 5.43 Å². The minimum Gasteiger partial charge on any atom is -0.477 e. The van der Waals surface area contributed by atoms with E-state index in [9.17, 15) is 27.9 Å². The first-order chi connectivity index (χ1) is 14.7. The summed E-state index contributed by atoms with van der Waals surface area (Å²) in [5.74, 6) is -5.83. The van der Waals surface area contributed by atoms with E-state index in [1.807, 2.05) is 6.92 Å². The number of piperazine rings is 1. The lowest BCUT2D eigenvalue weighted by Crippen LogP contribution is -2.49. The molecule has 31 heavy (non-hydrogen) atoms. The first kappa shape index (κ1) is 20.9. The molecule has 1 aromatic heterocycles. The van der Waals surface area contributed by atoms with Crippen molar-refractivity contribution in [1.29, 1.82) is 0 Å². The summed E-state index contributed by atoms with van der Waals surface area (Å²) in [7, 11) is 0. The van der Waals surface area contributed by atoms with E-state index in [1.165, 1.54) is 4.90 Å². The summed E-state index contributed by atoms with van der Waals surface area (Å²) in [5, 5.41) is 11.9. The molecule has 0 spiro atoms. The van der Waals surface area contributed by atoms with Crippen LogP contribution in [0.2, 0.25) is 0 Å². The molecule has 1 atom stereocenters. The van der Waals surface area contributed by atoms with Crippen LogP contribution in [0.5, 0.6) is 0 Å². The van der Waals surface area contributed by atoms with Gasteiger partial charge in [-0.3, -0.25) is 4.79 Å². The van der Waals surface area contributed by atoms with Crippen molar-refractivity contribution in [1.82, 2.24) is 9.88 Å². The molecule has 1 fully saturated rings. The molecule has 2 heterocycles. The molecule has 4 rings (SSSR count). The molecule has 1 aliphatic heterocycles. The highest BCUT2D eigenvalue weighted by molar-refractivity contribution is 5.94. The predicted molar refractivity (Wildman–Crippen MR) is 106 cm³/mol. The standard InChI is InChI=1S/C21H17F4N3O3/c1-10-8-27(5-4-26-10)19-15(24)7-12-18(17(19)25)28(9-13(20(12)29)21(30)31)16-3-2-11(22)6-14(16)23/h2-3,6-7,9-10,26H,4-5,8H2,1H3,(H,30,31). The Labute approximate surface area is 173 Å². The number of fused-ring (bicyclic) bond motifs is 1. The Morgan fingerprint density at radius 2 is 1.90 bits per heavy atom. The van der Waals surface area contributed by atoms with Crippen LogP contribution in [0, 0.1) is 23.3 Å². The minimum absolute atomic E-state index is 0.0608. The van der Waals surface area contributed by atoms with Crippen molar-refractivity contribution in [3.63, 3.8) is 0 Å². The third-order valence-electron chi connectivity index (χ3n) is 5.24. The van der Waals surface area contributed by atoms with Crippen LogP contribution in [-0.2, 0) is 0 Å². The molecule has 0 bridgehead atoms. The maximum absolute atomic E-state index is 15.7. The normalized spacial score (nSPS) is 16.7. The lowest BCUT2D eigenvalue weighted by Gasteiger charge is -2.34. The predicted octanol–water partition coefficient (Wildman–Crippen LogP) is 3.04. The topological polar surface area (TPSA) is 74.6 Å². The molecule has 1 unspecified atom stereocenters. The van der Waals surface area contributed by atoms with Crippen molar-refractivity contribution < 1.29 is 27.5 Å². The van der Waals surface area contributed by atoms with Crippen molar-refractivity contribution in [2.45, 2.75) is 13.0 Å².